The molecule has 2 aromatic rings. The molecule has 9 nitrogen and oxygen atoms in total. The number of rotatable bonds is 5. The van der Waals surface area contributed by atoms with Crippen molar-refractivity contribution >= 4 is 28.8 Å². The topological polar surface area (TPSA) is 93.1 Å². The van der Waals surface area contributed by atoms with E-state index in [1.165, 1.54) is 0 Å². The third-order valence-corrected chi connectivity index (χ3v) is 5.04. The van der Waals surface area contributed by atoms with Crippen LogP contribution in [0.4, 0.5) is 4.79 Å². The van der Waals surface area contributed by atoms with Crippen molar-refractivity contribution in [3.05, 3.63) is 30.0 Å². The molecule has 1 saturated heterocycles. The maximum atomic E-state index is 12.6. The molecule has 29 heavy (non-hydrogen) atoms. The van der Waals surface area contributed by atoms with Gasteiger partial charge in [0.25, 0.3) is 5.91 Å². The predicted molar refractivity (Wildman–Crippen MR) is 107 cm³/mol. The van der Waals surface area contributed by atoms with Crippen LogP contribution >= 0.6 is 0 Å². The number of aryl methyl sites for hydroxylation is 1. The molecule has 1 aliphatic heterocycles. The molecule has 0 spiro atoms. The van der Waals surface area contributed by atoms with Crippen LogP contribution in [0.25, 0.3) is 10.9 Å². The number of piperazine rings is 1. The average Bonchev–Trinajstić information content (AvgIpc) is 3.07. The van der Waals surface area contributed by atoms with Gasteiger partial charge in [0.15, 0.2) is 0 Å². The first-order valence-electron chi connectivity index (χ1n) is 9.55. The highest BCUT2D eigenvalue weighted by Crippen LogP contribution is 2.23. The minimum atomic E-state index is -0.361. The van der Waals surface area contributed by atoms with Crippen LogP contribution in [0, 0.1) is 0 Å². The Labute approximate surface area is 169 Å². The SMILES string of the molecule is CCOC(=O)N1CCN(C(=O)CNC(=O)c2cc3cc(OC)ccc3n2C)CC1. The summed E-state index contributed by atoms with van der Waals surface area (Å²) in [6.45, 7) is 3.66. The Morgan fingerprint density at radius 1 is 1.07 bits per heavy atom. The molecule has 1 fully saturated rings. The molecule has 0 saturated carbocycles. The number of carbonyl (C=O) groups excluding carboxylic acids is 3. The van der Waals surface area contributed by atoms with Gasteiger partial charge in [-0.25, -0.2) is 4.79 Å². The van der Waals surface area contributed by atoms with E-state index in [9.17, 15) is 14.4 Å². The first-order valence-corrected chi connectivity index (χ1v) is 9.55. The molecule has 1 aromatic carbocycles. The van der Waals surface area contributed by atoms with E-state index in [2.05, 4.69) is 5.32 Å². The van der Waals surface area contributed by atoms with Gasteiger partial charge in [0.2, 0.25) is 5.91 Å². The fourth-order valence-corrected chi connectivity index (χ4v) is 3.38. The monoisotopic (exact) mass is 402 g/mol. The Bertz CT molecular complexity index is 915. The number of amides is 3. The van der Waals surface area contributed by atoms with Gasteiger partial charge in [-0.3, -0.25) is 9.59 Å². The maximum Gasteiger partial charge on any atom is 0.409 e. The lowest BCUT2D eigenvalue weighted by molar-refractivity contribution is -0.131. The first kappa shape index (κ1) is 20.5. The Morgan fingerprint density at radius 3 is 2.41 bits per heavy atom. The van der Waals surface area contributed by atoms with E-state index < -0.39 is 0 Å². The van der Waals surface area contributed by atoms with E-state index in [1.807, 2.05) is 18.2 Å². The summed E-state index contributed by atoms with van der Waals surface area (Å²) in [5, 5.41) is 3.58. The van der Waals surface area contributed by atoms with Gasteiger partial charge in [0.1, 0.15) is 11.4 Å². The van der Waals surface area contributed by atoms with E-state index in [1.54, 1.807) is 41.5 Å². The molecule has 0 aliphatic carbocycles. The molecular formula is C20H26N4O5. The maximum absolute atomic E-state index is 12.6. The zero-order valence-corrected chi connectivity index (χ0v) is 16.9. The minimum Gasteiger partial charge on any atom is -0.497 e. The van der Waals surface area contributed by atoms with Crippen molar-refractivity contribution in [1.29, 1.82) is 0 Å². The molecule has 0 unspecified atom stereocenters. The van der Waals surface area contributed by atoms with E-state index >= 15 is 0 Å². The Hall–Kier alpha value is -3.23. The van der Waals surface area contributed by atoms with E-state index in [0.29, 0.717) is 44.2 Å². The number of hydrogen-bond donors (Lipinski definition) is 1. The molecule has 1 aromatic heterocycles. The van der Waals surface area contributed by atoms with Crippen LogP contribution in [0.3, 0.4) is 0 Å². The summed E-state index contributed by atoms with van der Waals surface area (Å²) in [6.07, 6.45) is -0.361. The summed E-state index contributed by atoms with van der Waals surface area (Å²) < 4.78 is 12.0. The van der Waals surface area contributed by atoms with Crippen molar-refractivity contribution in [2.75, 3.05) is 46.4 Å². The van der Waals surface area contributed by atoms with Gasteiger partial charge in [-0.05, 0) is 31.2 Å². The Kier molecular flexibility index (Phi) is 6.26. The van der Waals surface area contributed by atoms with Crippen LogP contribution in [-0.2, 0) is 16.6 Å². The highest BCUT2D eigenvalue weighted by atomic mass is 16.6. The van der Waals surface area contributed by atoms with E-state index in [0.717, 1.165) is 10.9 Å². The number of nitrogens with zero attached hydrogens (tertiary/aromatic N) is 3. The van der Waals surface area contributed by atoms with Crippen LogP contribution in [0.2, 0.25) is 0 Å². The quantitative estimate of drug-likeness (QED) is 0.812. The molecule has 2 heterocycles. The van der Waals surface area contributed by atoms with Crippen molar-refractivity contribution < 1.29 is 23.9 Å². The summed E-state index contributed by atoms with van der Waals surface area (Å²) in [6, 6.07) is 7.36. The van der Waals surface area contributed by atoms with Gasteiger partial charge in [0.05, 0.1) is 20.3 Å². The minimum absolute atomic E-state index is 0.0942. The number of ether oxygens (including phenoxy) is 2. The number of methoxy groups -OCH3 is 1. The number of nitrogens with one attached hydrogen (secondary N) is 1. The molecule has 0 atom stereocenters. The van der Waals surface area contributed by atoms with Crippen LogP contribution in [0.1, 0.15) is 17.4 Å². The number of benzene rings is 1. The summed E-state index contributed by atoms with van der Waals surface area (Å²) in [7, 11) is 3.40. The third kappa shape index (κ3) is 4.44. The largest absolute Gasteiger partial charge is 0.497 e. The summed E-state index contributed by atoms with van der Waals surface area (Å²) in [5.41, 5.74) is 1.37. The molecule has 156 valence electrons. The highest BCUT2D eigenvalue weighted by molar-refractivity contribution is 6.00. The lowest BCUT2D eigenvalue weighted by Crippen LogP contribution is -2.52. The second-order valence-electron chi connectivity index (χ2n) is 6.76. The van der Waals surface area contributed by atoms with Gasteiger partial charge in [-0.15, -0.1) is 0 Å². The van der Waals surface area contributed by atoms with Crippen molar-refractivity contribution in [2.24, 2.45) is 7.05 Å². The van der Waals surface area contributed by atoms with Gasteiger partial charge in [-0.2, -0.15) is 0 Å². The van der Waals surface area contributed by atoms with Crippen LogP contribution in [-0.4, -0.2) is 78.7 Å². The van der Waals surface area contributed by atoms with E-state index in [4.69, 9.17) is 9.47 Å². The van der Waals surface area contributed by atoms with Crippen LogP contribution in [0.5, 0.6) is 5.75 Å². The summed E-state index contributed by atoms with van der Waals surface area (Å²) in [5.74, 6) is 0.218. The van der Waals surface area contributed by atoms with Gasteiger partial charge < -0.3 is 29.2 Å². The molecule has 1 N–H and O–H groups in total. The van der Waals surface area contributed by atoms with Gasteiger partial charge in [0, 0.05) is 44.1 Å². The standard InChI is InChI=1S/C20H26N4O5/c1-4-29-20(27)24-9-7-23(8-10-24)18(25)13-21-19(26)17-12-14-11-15(28-3)5-6-16(14)22(17)2/h5-6,11-12H,4,7-10,13H2,1-3H3,(H,21,26). The summed E-state index contributed by atoms with van der Waals surface area (Å²) in [4.78, 5) is 40.0. The van der Waals surface area contributed by atoms with Gasteiger partial charge in [-0.1, -0.05) is 0 Å². The lowest BCUT2D eigenvalue weighted by atomic mass is 10.2. The fourth-order valence-electron chi connectivity index (χ4n) is 3.38. The van der Waals surface area contributed by atoms with E-state index in [-0.39, 0.29) is 24.5 Å². The number of fused-ring (bicyclic) bond motifs is 1. The number of carbonyl (C=O) groups is 3. The zero-order valence-electron chi connectivity index (χ0n) is 16.9. The molecular weight excluding hydrogens is 376 g/mol. The molecule has 0 radical (unpaired) electrons. The van der Waals surface area contributed by atoms with Crippen molar-refractivity contribution in [3.63, 3.8) is 0 Å². The molecule has 9 heteroatoms. The molecule has 3 amide bonds. The Balaban J connectivity index is 1.56. The number of hydrogen-bond acceptors (Lipinski definition) is 5. The second-order valence-corrected chi connectivity index (χ2v) is 6.76. The zero-order chi connectivity index (χ0) is 21.0. The summed E-state index contributed by atoms with van der Waals surface area (Å²) >= 11 is 0. The molecule has 1 aliphatic rings. The normalized spacial score (nSPS) is 14.0. The number of aromatic nitrogens is 1. The van der Waals surface area contributed by atoms with Crippen molar-refractivity contribution in [1.82, 2.24) is 19.7 Å². The smallest absolute Gasteiger partial charge is 0.409 e. The third-order valence-electron chi connectivity index (χ3n) is 5.04. The van der Waals surface area contributed by atoms with Crippen LogP contribution in [0.15, 0.2) is 24.3 Å². The molecule has 0 bridgehead atoms. The average molecular weight is 402 g/mol. The Morgan fingerprint density at radius 2 is 1.76 bits per heavy atom. The highest BCUT2D eigenvalue weighted by Gasteiger charge is 2.25. The van der Waals surface area contributed by atoms with Crippen molar-refractivity contribution in [3.8, 4) is 5.75 Å². The van der Waals surface area contributed by atoms with Gasteiger partial charge >= 0.3 is 6.09 Å². The molecule has 3 rings (SSSR count). The first-order chi connectivity index (χ1) is 13.9. The van der Waals surface area contributed by atoms with Crippen molar-refractivity contribution in [2.45, 2.75) is 6.92 Å². The fraction of sp³-hybridized carbons (Fsp3) is 0.450. The van der Waals surface area contributed by atoms with Crippen LogP contribution < -0.4 is 10.1 Å². The predicted octanol–water partition coefficient (Wildman–Crippen LogP) is 1.22. The lowest BCUT2D eigenvalue weighted by Gasteiger charge is -2.34. The second kappa shape index (κ2) is 8.85.